The first-order valence-electron chi connectivity index (χ1n) is 9.78. The maximum atomic E-state index is 12.3. The molecule has 0 amide bonds. The normalized spacial score (nSPS) is 12.4. The van der Waals surface area contributed by atoms with Crippen molar-refractivity contribution in [2.45, 2.75) is 12.8 Å². The predicted molar refractivity (Wildman–Crippen MR) is 125 cm³/mol. The van der Waals surface area contributed by atoms with Crippen LogP contribution < -0.4 is 10.5 Å². The van der Waals surface area contributed by atoms with E-state index in [-0.39, 0.29) is 0 Å². The van der Waals surface area contributed by atoms with Crippen LogP contribution in [0.15, 0.2) is 42.5 Å². The third-order valence-electron chi connectivity index (χ3n) is 5.70. The van der Waals surface area contributed by atoms with Crippen LogP contribution in [0.3, 0.4) is 0 Å². The summed E-state index contributed by atoms with van der Waals surface area (Å²) in [6.07, 6.45) is 1.62. The zero-order valence-corrected chi connectivity index (χ0v) is 18.6. The first-order valence-corrected chi connectivity index (χ1v) is 11.0. The monoisotopic (exact) mass is 450 g/mol. The van der Waals surface area contributed by atoms with Crippen LogP contribution in [0.25, 0.3) is 32.6 Å². The Bertz CT molecular complexity index is 1360. The fourth-order valence-electron chi connectivity index (χ4n) is 4.26. The lowest BCUT2D eigenvalue weighted by atomic mass is 9.83. The van der Waals surface area contributed by atoms with Gasteiger partial charge in [-0.2, -0.15) is 0 Å². The van der Waals surface area contributed by atoms with Crippen molar-refractivity contribution in [1.82, 2.24) is 4.98 Å². The zero-order valence-electron chi connectivity index (χ0n) is 17.0. The molecule has 1 aliphatic carbocycles. The van der Waals surface area contributed by atoms with E-state index in [4.69, 9.17) is 31.8 Å². The smallest absolute Gasteiger partial charge is 0.350 e. The number of methoxy groups -OCH3 is 2. The highest BCUT2D eigenvalue weighted by atomic mass is 35.5. The molecular weight excluding hydrogens is 432 g/mol. The summed E-state index contributed by atoms with van der Waals surface area (Å²) < 4.78 is 10.3. The third-order valence-corrected chi connectivity index (χ3v) is 7.11. The number of pyridine rings is 1. The summed E-state index contributed by atoms with van der Waals surface area (Å²) in [5.74, 6) is 0.358. The Morgan fingerprint density at radius 1 is 1.13 bits per heavy atom. The molecule has 156 valence electrons. The third kappa shape index (κ3) is 3.06. The number of fused-ring (bicyclic) bond motifs is 4. The standard InChI is InChI=1S/C24H19ClN2O3S/c1-29-13-8-10-14-12(11-13)7-9-16-18(15-5-3-4-6-17(15)25)19-20(26)22(24(28)30-2)31-23(19)27-21(14)16/h3-6,8,10-11H,7,9,26H2,1-2H3. The van der Waals surface area contributed by atoms with Crippen LogP contribution >= 0.6 is 22.9 Å². The van der Waals surface area contributed by atoms with E-state index in [9.17, 15) is 4.79 Å². The minimum atomic E-state index is -0.464. The molecule has 2 heterocycles. The molecule has 0 saturated heterocycles. The number of hydrogen-bond donors (Lipinski definition) is 1. The van der Waals surface area contributed by atoms with Crippen LogP contribution in [0, 0.1) is 0 Å². The number of nitrogens with zero attached hydrogens (tertiary/aromatic N) is 1. The molecule has 0 unspecified atom stereocenters. The number of halogens is 1. The summed E-state index contributed by atoms with van der Waals surface area (Å²) in [5, 5.41) is 1.39. The summed E-state index contributed by atoms with van der Waals surface area (Å²) in [6.45, 7) is 0. The molecular formula is C24H19ClN2O3S. The fourth-order valence-corrected chi connectivity index (χ4v) is 5.51. The Morgan fingerprint density at radius 2 is 1.94 bits per heavy atom. The first-order chi connectivity index (χ1) is 15.0. The Balaban J connectivity index is 1.89. The highest BCUT2D eigenvalue weighted by Gasteiger charge is 2.29. The molecule has 31 heavy (non-hydrogen) atoms. The fraction of sp³-hybridized carbons (Fsp3) is 0.167. The van der Waals surface area contributed by atoms with Gasteiger partial charge in [0, 0.05) is 27.1 Å². The number of thiophene rings is 1. The highest BCUT2D eigenvalue weighted by Crippen LogP contribution is 2.48. The molecule has 0 spiro atoms. The molecule has 2 N–H and O–H groups in total. The number of ether oxygens (including phenoxy) is 2. The molecule has 1 aliphatic rings. The summed E-state index contributed by atoms with van der Waals surface area (Å²) in [4.78, 5) is 18.4. The van der Waals surface area contributed by atoms with Gasteiger partial charge in [0.25, 0.3) is 0 Å². The van der Waals surface area contributed by atoms with E-state index < -0.39 is 5.97 Å². The van der Waals surface area contributed by atoms with Gasteiger partial charge < -0.3 is 15.2 Å². The van der Waals surface area contributed by atoms with Gasteiger partial charge in [0.1, 0.15) is 15.5 Å². The number of carbonyl (C=O) groups excluding carboxylic acids is 1. The lowest BCUT2D eigenvalue weighted by Crippen LogP contribution is -2.09. The van der Waals surface area contributed by atoms with Crippen molar-refractivity contribution in [3.63, 3.8) is 0 Å². The largest absolute Gasteiger partial charge is 0.497 e. The van der Waals surface area contributed by atoms with Crippen LogP contribution in [0.5, 0.6) is 5.75 Å². The summed E-state index contributed by atoms with van der Waals surface area (Å²) in [7, 11) is 3.02. The number of carbonyl (C=O) groups is 1. The topological polar surface area (TPSA) is 74.4 Å². The zero-order chi connectivity index (χ0) is 21.7. The molecule has 2 aromatic heterocycles. The predicted octanol–water partition coefficient (Wildman–Crippen LogP) is 5.76. The Morgan fingerprint density at radius 3 is 2.68 bits per heavy atom. The van der Waals surface area contributed by atoms with E-state index in [2.05, 4.69) is 6.07 Å². The summed E-state index contributed by atoms with van der Waals surface area (Å²) in [5.41, 5.74) is 12.9. The number of nitrogens with two attached hydrogens (primary N) is 1. The number of rotatable bonds is 3. The van der Waals surface area contributed by atoms with Crippen molar-refractivity contribution in [2.24, 2.45) is 0 Å². The maximum Gasteiger partial charge on any atom is 0.350 e. The molecule has 5 rings (SSSR count). The van der Waals surface area contributed by atoms with Crippen LogP contribution in [0.4, 0.5) is 5.69 Å². The second-order valence-electron chi connectivity index (χ2n) is 7.33. The molecule has 0 bridgehead atoms. The van der Waals surface area contributed by atoms with Gasteiger partial charge in [-0.25, -0.2) is 9.78 Å². The Labute approximate surface area is 188 Å². The van der Waals surface area contributed by atoms with Crippen LogP contribution in [0.1, 0.15) is 20.8 Å². The van der Waals surface area contributed by atoms with Gasteiger partial charge in [-0.1, -0.05) is 29.8 Å². The van der Waals surface area contributed by atoms with Crippen molar-refractivity contribution in [2.75, 3.05) is 20.0 Å². The van der Waals surface area contributed by atoms with Gasteiger partial charge in [0.05, 0.1) is 25.6 Å². The number of benzene rings is 2. The van der Waals surface area contributed by atoms with E-state index in [1.54, 1.807) is 7.11 Å². The van der Waals surface area contributed by atoms with Crippen molar-refractivity contribution in [3.8, 4) is 28.1 Å². The van der Waals surface area contributed by atoms with Crippen LogP contribution in [-0.4, -0.2) is 25.2 Å². The molecule has 0 radical (unpaired) electrons. The molecule has 0 aliphatic heterocycles. The molecule has 4 aromatic rings. The number of nitrogen functional groups attached to an aromatic ring is 1. The summed E-state index contributed by atoms with van der Waals surface area (Å²) >= 11 is 7.87. The van der Waals surface area contributed by atoms with Crippen LogP contribution in [-0.2, 0) is 17.6 Å². The van der Waals surface area contributed by atoms with Gasteiger partial charge in [-0.3, -0.25) is 0 Å². The van der Waals surface area contributed by atoms with E-state index in [0.717, 1.165) is 51.9 Å². The molecule has 2 aromatic carbocycles. The van der Waals surface area contributed by atoms with E-state index in [1.807, 2.05) is 36.4 Å². The average molecular weight is 451 g/mol. The second-order valence-corrected chi connectivity index (χ2v) is 8.74. The number of esters is 1. The van der Waals surface area contributed by atoms with Gasteiger partial charge >= 0.3 is 5.97 Å². The average Bonchev–Trinajstić information content (AvgIpc) is 3.13. The van der Waals surface area contributed by atoms with Gasteiger partial charge in [-0.05, 0) is 48.2 Å². The minimum Gasteiger partial charge on any atom is -0.497 e. The molecule has 7 heteroatoms. The molecule has 0 saturated carbocycles. The number of aryl methyl sites for hydroxylation is 1. The van der Waals surface area contributed by atoms with Crippen molar-refractivity contribution in [1.29, 1.82) is 0 Å². The Kier molecular flexibility index (Phi) is 4.84. The number of hydrogen-bond acceptors (Lipinski definition) is 6. The van der Waals surface area contributed by atoms with Gasteiger partial charge in [0.2, 0.25) is 0 Å². The van der Waals surface area contributed by atoms with Crippen molar-refractivity contribution in [3.05, 3.63) is 63.5 Å². The Hall–Kier alpha value is -3.09. The lowest BCUT2D eigenvalue weighted by Gasteiger charge is -2.23. The van der Waals surface area contributed by atoms with Crippen molar-refractivity contribution < 1.29 is 14.3 Å². The lowest BCUT2D eigenvalue weighted by molar-refractivity contribution is 0.0607. The van der Waals surface area contributed by atoms with E-state index >= 15 is 0 Å². The van der Waals surface area contributed by atoms with E-state index in [0.29, 0.717) is 20.4 Å². The van der Waals surface area contributed by atoms with Gasteiger partial charge in [-0.15, -0.1) is 11.3 Å². The minimum absolute atomic E-state index is 0.357. The highest BCUT2D eigenvalue weighted by molar-refractivity contribution is 7.21. The molecule has 0 fully saturated rings. The molecule has 5 nitrogen and oxygen atoms in total. The second kappa shape index (κ2) is 7.55. The number of aromatic nitrogens is 1. The van der Waals surface area contributed by atoms with Crippen LogP contribution in [0.2, 0.25) is 5.02 Å². The molecule has 0 atom stereocenters. The summed E-state index contributed by atoms with van der Waals surface area (Å²) in [6, 6.07) is 13.7. The van der Waals surface area contributed by atoms with Gasteiger partial charge in [0.15, 0.2) is 0 Å². The maximum absolute atomic E-state index is 12.3. The number of anilines is 1. The first kappa shape index (κ1) is 19.8. The van der Waals surface area contributed by atoms with E-state index in [1.165, 1.54) is 24.0 Å². The quantitative estimate of drug-likeness (QED) is 0.401. The SMILES string of the molecule is COC(=O)c1sc2nc3c(c(-c4ccccc4Cl)c2c1N)CCc1cc(OC)ccc1-3. The van der Waals surface area contributed by atoms with Crippen molar-refractivity contribution >= 4 is 44.8 Å².